The molecular weight excluding hydrogens is 236 g/mol. The summed E-state index contributed by atoms with van der Waals surface area (Å²) < 4.78 is 0. The number of amides is 1. The Morgan fingerprint density at radius 1 is 1.26 bits per heavy atom. The molecule has 0 N–H and O–H groups in total. The maximum Gasteiger partial charge on any atom is 0.260 e. The molecule has 1 fully saturated rings. The van der Waals surface area contributed by atoms with Crippen LogP contribution in [0.25, 0.3) is 0 Å². The van der Waals surface area contributed by atoms with E-state index in [-0.39, 0.29) is 17.0 Å². The van der Waals surface area contributed by atoms with Gasteiger partial charge in [0.1, 0.15) is 0 Å². The normalized spacial score (nSPS) is 21.9. The van der Waals surface area contributed by atoms with Crippen LogP contribution < -0.4 is 0 Å². The molecule has 0 radical (unpaired) electrons. The standard InChI is InChI=1S/C16H30N2O/c1-7-9-13-17(14(19)8-2)18-15(3,4)11-10-12-16(18,5)6/h8H,2,7,9-13H2,1,3-6H3. The highest BCUT2D eigenvalue weighted by molar-refractivity contribution is 5.86. The van der Waals surface area contributed by atoms with Crippen LogP contribution in [0.5, 0.6) is 0 Å². The average molecular weight is 266 g/mol. The van der Waals surface area contributed by atoms with E-state index in [1.807, 2.05) is 5.01 Å². The number of hydrazine groups is 1. The minimum absolute atomic E-state index is 0.0220. The Kier molecular flexibility index (Phi) is 5.19. The molecule has 1 aliphatic rings. The van der Waals surface area contributed by atoms with Gasteiger partial charge in [0.15, 0.2) is 0 Å². The second-order valence-electron chi connectivity index (χ2n) is 6.81. The summed E-state index contributed by atoms with van der Waals surface area (Å²) in [5.74, 6) is 0.0245. The lowest BCUT2D eigenvalue weighted by molar-refractivity contribution is -0.191. The van der Waals surface area contributed by atoms with Crippen molar-refractivity contribution in [2.75, 3.05) is 6.54 Å². The van der Waals surface area contributed by atoms with Gasteiger partial charge in [-0.15, -0.1) is 0 Å². The first-order valence-corrected chi connectivity index (χ1v) is 7.50. The third-order valence-corrected chi connectivity index (χ3v) is 4.12. The molecule has 3 nitrogen and oxygen atoms in total. The zero-order valence-corrected chi connectivity index (χ0v) is 13.3. The van der Waals surface area contributed by atoms with Crippen molar-refractivity contribution in [3.8, 4) is 0 Å². The minimum Gasteiger partial charge on any atom is -0.271 e. The van der Waals surface area contributed by atoms with Crippen molar-refractivity contribution in [1.29, 1.82) is 0 Å². The average Bonchev–Trinajstić information content (AvgIpc) is 2.30. The van der Waals surface area contributed by atoms with E-state index < -0.39 is 0 Å². The lowest BCUT2D eigenvalue weighted by atomic mass is 9.81. The number of carbonyl (C=O) groups is 1. The molecule has 0 spiro atoms. The fourth-order valence-corrected chi connectivity index (χ4v) is 3.36. The highest BCUT2D eigenvalue weighted by atomic mass is 16.2. The summed E-state index contributed by atoms with van der Waals surface area (Å²) in [5, 5.41) is 4.23. The molecule has 0 saturated carbocycles. The van der Waals surface area contributed by atoms with Gasteiger partial charge in [0.05, 0.1) is 0 Å². The first-order valence-electron chi connectivity index (χ1n) is 7.50. The predicted molar refractivity (Wildman–Crippen MR) is 80.7 cm³/mol. The molecule has 0 unspecified atom stereocenters. The van der Waals surface area contributed by atoms with Crippen LogP contribution in [0.2, 0.25) is 0 Å². The molecule has 1 saturated heterocycles. The van der Waals surface area contributed by atoms with Crippen LogP contribution in [0.1, 0.15) is 66.7 Å². The monoisotopic (exact) mass is 266 g/mol. The summed E-state index contributed by atoms with van der Waals surface area (Å²) in [6.45, 7) is 15.6. The van der Waals surface area contributed by atoms with Crippen LogP contribution in [0.3, 0.4) is 0 Å². The van der Waals surface area contributed by atoms with Crippen LogP contribution in [-0.4, -0.2) is 33.5 Å². The first-order chi connectivity index (χ1) is 8.76. The van der Waals surface area contributed by atoms with Crippen molar-refractivity contribution in [3.05, 3.63) is 12.7 Å². The molecule has 0 aromatic rings. The highest BCUT2D eigenvalue weighted by Gasteiger charge is 2.45. The first kappa shape index (κ1) is 16.2. The largest absolute Gasteiger partial charge is 0.271 e. The van der Waals surface area contributed by atoms with E-state index in [9.17, 15) is 4.79 Å². The van der Waals surface area contributed by atoms with Crippen molar-refractivity contribution in [1.82, 2.24) is 10.0 Å². The van der Waals surface area contributed by atoms with Gasteiger partial charge in [-0.05, 0) is 59.5 Å². The Labute approximate surface area is 118 Å². The van der Waals surface area contributed by atoms with E-state index in [4.69, 9.17) is 0 Å². The summed E-state index contributed by atoms with van der Waals surface area (Å²) in [7, 11) is 0. The lowest BCUT2D eigenvalue weighted by Gasteiger charge is -2.56. The topological polar surface area (TPSA) is 23.6 Å². The second kappa shape index (κ2) is 6.08. The molecule has 0 bridgehead atoms. The van der Waals surface area contributed by atoms with Gasteiger partial charge in [-0.25, -0.2) is 5.01 Å². The molecule has 110 valence electrons. The quantitative estimate of drug-likeness (QED) is 0.707. The van der Waals surface area contributed by atoms with Crippen LogP contribution in [0.15, 0.2) is 12.7 Å². The van der Waals surface area contributed by atoms with Gasteiger partial charge < -0.3 is 0 Å². The van der Waals surface area contributed by atoms with Crippen LogP contribution >= 0.6 is 0 Å². The zero-order valence-electron chi connectivity index (χ0n) is 13.3. The number of hydrogen-bond acceptors (Lipinski definition) is 2. The van der Waals surface area contributed by atoms with Crippen LogP contribution in [-0.2, 0) is 4.79 Å². The molecule has 1 heterocycles. The van der Waals surface area contributed by atoms with Gasteiger partial charge >= 0.3 is 0 Å². The molecule has 0 aliphatic carbocycles. The van der Waals surface area contributed by atoms with Gasteiger partial charge in [-0.3, -0.25) is 9.80 Å². The summed E-state index contributed by atoms with van der Waals surface area (Å²) >= 11 is 0. The van der Waals surface area contributed by atoms with Crippen molar-refractivity contribution >= 4 is 5.91 Å². The summed E-state index contributed by atoms with van der Waals surface area (Å²) in [5.41, 5.74) is 0.0440. The summed E-state index contributed by atoms with van der Waals surface area (Å²) in [4.78, 5) is 12.3. The Bertz CT molecular complexity index is 318. The zero-order chi connectivity index (χ0) is 14.7. The maximum atomic E-state index is 12.3. The van der Waals surface area contributed by atoms with E-state index in [1.165, 1.54) is 12.5 Å². The smallest absolute Gasteiger partial charge is 0.260 e. The number of piperidine rings is 1. The van der Waals surface area contributed by atoms with E-state index in [2.05, 4.69) is 46.2 Å². The molecular formula is C16H30N2O. The fraction of sp³-hybridized carbons (Fsp3) is 0.812. The fourth-order valence-electron chi connectivity index (χ4n) is 3.36. The van der Waals surface area contributed by atoms with Gasteiger partial charge in [-0.2, -0.15) is 0 Å². The molecule has 0 aromatic heterocycles. The van der Waals surface area contributed by atoms with Crippen molar-refractivity contribution in [3.63, 3.8) is 0 Å². The van der Waals surface area contributed by atoms with Crippen molar-refractivity contribution < 1.29 is 4.79 Å². The summed E-state index contributed by atoms with van der Waals surface area (Å²) in [6.07, 6.45) is 7.04. The van der Waals surface area contributed by atoms with E-state index in [1.54, 1.807) is 0 Å². The minimum atomic E-state index is 0.0220. The van der Waals surface area contributed by atoms with Crippen LogP contribution in [0.4, 0.5) is 0 Å². The molecule has 0 atom stereocenters. The molecule has 0 aromatic carbocycles. The Morgan fingerprint density at radius 3 is 2.21 bits per heavy atom. The van der Waals surface area contributed by atoms with Crippen molar-refractivity contribution in [2.45, 2.75) is 77.8 Å². The number of unbranched alkanes of at least 4 members (excludes halogenated alkanes) is 1. The van der Waals surface area contributed by atoms with Crippen LogP contribution in [0, 0.1) is 0 Å². The van der Waals surface area contributed by atoms with E-state index in [0.717, 1.165) is 32.2 Å². The molecule has 1 aliphatic heterocycles. The Morgan fingerprint density at radius 2 is 1.79 bits per heavy atom. The third kappa shape index (κ3) is 3.59. The highest BCUT2D eigenvalue weighted by Crippen LogP contribution is 2.39. The lowest BCUT2D eigenvalue weighted by Crippen LogP contribution is -2.66. The van der Waals surface area contributed by atoms with E-state index in [0.29, 0.717) is 0 Å². The van der Waals surface area contributed by atoms with Gasteiger partial charge in [0.25, 0.3) is 5.91 Å². The van der Waals surface area contributed by atoms with Gasteiger partial charge in [0, 0.05) is 17.6 Å². The van der Waals surface area contributed by atoms with Gasteiger partial charge in [0.2, 0.25) is 0 Å². The Balaban J connectivity index is 3.07. The molecule has 3 heteroatoms. The molecule has 1 amide bonds. The number of rotatable bonds is 5. The molecule has 1 rings (SSSR count). The third-order valence-electron chi connectivity index (χ3n) is 4.12. The molecule has 19 heavy (non-hydrogen) atoms. The Hall–Kier alpha value is -0.830. The SMILES string of the molecule is C=CC(=O)N(CCCC)N1C(C)(C)CCCC1(C)C. The number of hydrogen-bond donors (Lipinski definition) is 0. The predicted octanol–water partition coefficient (Wildman–Crippen LogP) is 3.76. The summed E-state index contributed by atoms with van der Waals surface area (Å²) in [6, 6.07) is 0. The van der Waals surface area contributed by atoms with E-state index >= 15 is 0 Å². The number of carbonyl (C=O) groups excluding carboxylic acids is 1. The second-order valence-corrected chi connectivity index (χ2v) is 6.81. The van der Waals surface area contributed by atoms with Crippen molar-refractivity contribution in [2.24, 2.45) is 0 Å². The maximum absolute atomic E-state index is 12.3. The van der Waals surface area contributed by atoms with Gasteiger partial charge in [-0.1, -0.05) is 19.9 Å². The number of nitrogens with zero attached hydrogens (tertiary/aromatic N) is 2.